The number of sulfone groups is 1. The van der Waals surface area contributed by atoms with Gasteiger partial charge in [0.05, 0.1) is 22.0 Å². The monoisotopic (exact) mass is 335 g/mol. The molecule has 1 rings (SSSR count). The van der Waals surface area contributed by atoms with Crippen LogP contribution in [0.5, 0.6) is 0 Å². The summed E-state index contributed by atoms with van der Waals surface area (Å²) >= 11 is 0. The Morgan fingerprint density at radius 3 is 2.10 bits per heavy atom. The Hall–Kier alpha value is -1.32. The number of nitrogens with zero attached hydrogens (tertiary/aromatic N) is 2. The van der Waals surface area contributed by atoms with E-state index in [1.165, 1.54) is 26.2 Å². The van der Waals surface area contributed by atoms with Crippen LogP contribution in [0.1, 0.15) is 0 Å². The van der Waals surface area contributed by atoms with Gasteiger partial charge in [0.25, 0.3) is 0 Å². The summed E-state index contributed by atoms with van der Waals surface area (Å²) in [6.45, 7) is 0.281. The fourth-order valence-electron chi connectivity index (χ4n) is 1.67. The van der Waals surface area contributed by atoms with Gasteiger partial charge in [0.15, 0.2) is 0 Å². The maximum absolute atomic E-state index is 12.0. The summed E-state index contributed by atoms with van der Waals surface area (Å²) in [4.78, 5) is 1.79. The molecule has 0 aliphatic rings. The predicted molar refractivity (Wildman–Crippen MR) is 84.7 cm³/mol. The smallest absolute Gasteiger partial charge is 0.242 e. The van der Waals surface area contributed by atoms with Gasteiger partial charge in [-0.15, -0.1) is 0 Å². The molecular weight excluding hydrogens is 314 g/mol. The molecule has 0 aliphatic heterocycles. The molecular formula is C12H21N3O4S2. The van der Waals surface area contributed by atoms with Gasteiger partial charge >= 0.3 is 0 Å². The van der Waals surface area contributed by atoms with Crippen LogP contribution < -0.4 is 10.6 Å². The number of hydrogen-bond donors (Lipinski definition) is 1. The molecule has 0 fully saturated rings. The third kappa shape index (κ3) is 4.58. The van der Waals surface area contributed by atoms with Crippen molar-refractivity contribution in [1.29, 1.82) is 0 Å². The van der Waals surface area contributed by atoms with Gasteiger partial charge in [-0.3, -0.25) is 0 Å². The summed E-state index contributed by atoms with van der Waals surface area (Å²) in [6, 6.07) is 4.41. The second-order valence-electron chi connectivity index (χ2n) is 5.06. The minimum absolute atomic E-state index is 0.000682. The van der Waals surface area contributed by atoms with Crippen LogP contribution in [0.4, 0.5) is 11.4 Å². The lowest BCUT2D eigenvalue weighted by atomic mass is 10.2. The number of benzene rings is 1. The van der Waals surface area contributed by atoms with Crippen LogP contribution in [0.3, 0.4) is 0 Å². The average molecular weight is 335 g/mol. The lowest BCUT2D eigenvalue weighted by Crippen LogP contribution is -2.26. The Balaban J connectivity index is 3.04. The SMILES string of the molecule is CN(CCS(C)(=O)=O)c1ccc(S(=O)(=O)N(C)C)cc1N. The highest BCUT2D eigenvalue weighted by Crippen LogP contribution is 2.26. The van der Waals surface area contributed by atoms with Crippen LogP contribution in [-0.2, 0) is 19.9 Å². The largest absolute Gasteiger partial charge is 0.397 e. The van der Waals surface area contributed by atoms with Gasteiger partial charge in [0.2, 0.25) is 10.0 Å². The van der Waals surface area contributed by atoms with Crippen molar-refractivity contribution in [3.63, 3.8) is 0 Å². The molecule has 0 saturated heterocycles. The van der Waals surface area contributed by atoms with Crippen LogP contribution in [0.2, 0.25) is 0 Å². The fourth-order valence-corrected chi connectivity index (χ4v) is 3.22. The van der Waals surface area contributed by atoms with Crippen molar-refractivity contribution in [1.82, 2.24) is 4.31 Å². The van der Waals surface area contributed by atoms with E-state index in [2.05, 4.69) is 0 Å². The highest BCUT2D eigenvalue weighted by Gasteiger charge is 2.19. The van der Waals surface area contributed by atoms with E-state index in [1.807, 2.05) is 0 Å². The molecule has 0 heterocycles. The molecule has 0 saturated carbocycles. The first kappa shape index (κ1) is 17.7. The molecule has 0 aliphatic carbocycles. The van der Waals surface area contributed by atoms with Gasteiger partial charge < -0.3 is 10.6 Å². The number of hydrogen-bond acceptors (Lipinski definition) is 6. The molecule has 21 heavy (non-hydrogen) atoms. The summed E-state index contributed by atoms with van der Waals surface area (Å²) in [5, 5.41) is 0. The number of sulfonamides is 1. The first-order valence-electron chi connectivity index (χ1n) is 6.16. The minimum Gasteiger partial charge on any atom is -0.397 e. The van der Waals surface area contributed by atoms with E-state index in [4.69, 9.17) is 5.73 Å². The number of nitrogen functional groups attached to an aromatic ring is 1. The van der Waals surface area contributed by atoms with Crippen molar-refractivity contribution < 1.29 is 16.8 Å². The maximum Gasteiger partial charge on any atom is 0.242 e. The highest BCUT2D eigenvalue weighted by atomic mass is 32.2. The van der Waals surface area contributed by atoms with Crippen molar-refractivity contribution in [3.8, 4) is 0 Å². The van der Waals surface area contributed by atoms with Gasteiger partial charge in [-0.1, -0.05) is 0 Å². The normalized spacial score (nSPS) is 12.6. The van der Waals surface area contributed by atoms with E-state index in [9.17, 15) is 16.8 Å². The topological polar surface area (TPSA) is 101 Å². The second kappa shape index (κ2) is 6.20. The van der Waals surface area contributed by atoms with E-state index in [0.29, 0.717) is 5.69 Å². The Labute approximate surface area is 126 Å². The summed E-state index contributed by atoms with van der Waals surface area (Å²) in [6.07, 6.45) is 1.16. The Morgan fingerprint density at radius 1 is 1.10 bits per heavy atom. The third-order valence-electron chi connectivity index (χ3n) is 2.99. The van der Waals surface area contributed by atoms with E-state index in [-0.39, 0.29) is 22.9 Å². The average Bonchev–Trinajstić information content (AvgIpc) is 2.34. The zero-order valence-corrected chi connectivity index (χ0v) is 14.2. The molecule has 1 aromatic carbocycles. The summed E-state index contributed by atoms with van der Waals surface area (Å²) < 4.78 is 47.4. The maximum atomic E-state index is 12.0. The van der Waals surface area contributed by atoms with E-state index < -0.39 is 19.9 Å². The van der Waals surface area contributed by atoms with Crippen molar-refractivity contribution in [3.05, 3.63) is 18.2 Å². The Bertz CT molecular complexity index is 712. The van der Waals surface area contributed by atoms with E-state index in [0.717, 1.165) is 10.6 Å². The van der Waals surface area contributed by atoms with Crippen molar-refractivity contribution in [2.75, 3.05) is 50.3 Å². The van der Waals surface area contributed by atoms with Gasteiger partial charge in [0, 0.05) is 33.9 Å². The van der Waals surface area contributed by atoms with Gasteiger partial charge in [-0.05, 0) is 18.2 Å². The second-order valence-corrected chi connectivity index (χ2v) is 9.47. The molecule has 0 unspecified atom stereocenters. The van der Waals surface area contributed by atoms with Crippen molar-refractivity contribution in [2.24, 2.45) is 0 Å². The summed E-state index contributed by atoms with van der Waals surface area (Å²) in [5.41, 5.74) is 6.76. The zero-order chi connectivity index (χ0) is 16.4. The Kier molecular flexibility index (Phi) is 5.24. The van der Waals surface area contributed by atoms with E-state index in [1.54, 1.807) is 18.0 Å². The van der Waals surface area contributed by atoms with Crippen molar-refractivity contribution in [2.45, 2.75) is 4.90 Å². The third-order valence-corrected chi connectivity index (χ3v) is 5.72. The number of rotatable bonds is 6. The molecule has 1 aromatic rings. The van der Waals surface area contributed by atoms with E-state index >= 15 is 0 Å². The molecule has 0 aromatic heterocycles. The lowest BCUT2D eigenvalue weighted by molar-refractivity contribution is 0.521. The predicted octanol–water partition coefficient (Wildman–Crippen LogP) is -0.0001000. The molecule has 9 heteroatoms. The molecule has 0 spiro atoms. The zero-order valence-electron chi connectivity index (χ0n) is 12.6. The first-order chi connectivity index (χ1) is 9.45. The molecule has 0 bridgehead atoms. The van der Waals surface area contributed by atoms with Crippen LogP contribution in [0.15, 0.2) is 23.1 Å². The molecule has 120 valence electrons. The molecule has 2 N–H and O–H groups in total. The van der Waals surface area contributed by atoms with Gasteiger partial charge in [0.1, 0.15) is 9.84 Å². The van der Waals surface area contributed by atoms with Gasteiger partial charge in [-0.25, -0.2) is 21.1 Å². The lowest BCUT2D eigenvalue weighted by Gasteiger charge is -2.21. The molecule has 7 nitrogen and oxygen atoms in total. The minimum atomic E-state index is -3.54. The number of nitrogens with two attached hydrogens (primary N) is 1. The number of anilines is 2. The summed E-state index contributed by atoms with van der Waals surface area (Å²) in [5.74, 6) is 0.000682. The van der Waals surface area contributed by atoms with Crippen LogP contribution in [0.25, 0.3) is 0 Å². The molecule has 0 amide bonds. The van der Waals surface area contributed by atoms with Crippen molar-refractivity contribution >= 4 is 31.2 Å². The molecule has 0 atom stereocenters. The van der Waals surface area contributed by atoms with Crippen LogP contribution in [0, 0.1) is 0 Å². The van der Waals surface area contributed by atoms with Gasteiger partial charge in [-0.2, -0.15) is 0 Å². The summed E-state index contributed by atoms with van der Waals surface area (Å²) in [7, 11) is -2.02. The standard InChI is InChI=1S/C12H21N3O4S2/c1-14(2)21(18,19)10-5-6-12(11(13)9-10)15(3)7-8-20(4,16)17/h5-6,9H,7-8,13H2,1-4H3. The highest BCUT2D eigenvalue weighted by molar-refractivity contribution is 7.90. The molecule has 0 radical (unpaired) electrons. The van der Waals surface area contributed by atoms with Crippen LogP contribution >= 0.6 is 0 Å². The first-order valence-corrected chi connectivity index (χ1v) is 9.66. The van der Waals surface area contributed by atoms with Crippen LogP contribution in [-0.4, -0.2) is 60.8 Å². The quantitative estimate of drug-likeness (QED) is 0.734. The fraction of sp³-hybridized carbons (Fsp3) is 0.500. The Morgan fingerprint density at radius 2 is 1.67 bits per heavy atom.